The molecule has 0 bridgehead atoms. The van der Waals surface area contributed by atoms with Crippen LogP contribution in [0.5, 0.6) is 0 Å². The monoisotopic (exact) mass is 257 g/mol. The van der Waals surface area contributed by atoms with E-state index in [1.165, 1.54) is 16.8 Å². The lowest BCUT2D eigenvalue weighted by molar-refractivity contribution is -0.143. The first-order chi connectivity index (χ1) is 8.34. The average molecular weight is 257 g/mol. The molecule has 1 atom stereocenters. The van der Waals surface area contributed by atoms with E-state index in [0.29, 0.717) is 13.1 Å². The van der Waals surface area contributed by atoms with Crippen LogP contribution < -0.4 is 5.32 Å². The first-order valence-corrected chi connectivity index (χ1v) is 5.85. The first-order valence-electron chi connectivity index (χ1n) is 5.85. The fraction of sp³-hybridized carbons (Fsp3) is 0.727. The molecule has 1 aliphatic rings. The van der Waals surface area contributed by atoms with Crippen molar-refractivity contribution in [2.24, 2.45) is 5.92 Å². The molecule has 0 aliphatic carbocycles. The van der Waals surface area contributed by atoms with Crippen LogP contribution in [0.3, 0.4) is 0 Å². The molecule has 0 aromatic rings. The second kappa shape index (κ2) is 5.70. The van der Waals surface area contributed by atoms with Gasteiger partial charge in [0, 0.05) is 20.1 Å². The van der Waals surface area contributed by atoms with Crippen molar-refractivity contribution in [1.29, 1.82) is 0 Å². The predicted octanol–water partition coefficient (Wildman–Crippen LogP) is -0.421. The topological polar surface area (TPSA) is 89.9 Å². The summed E-state index contributed by atoms with van der Waals surface area (Å²) in [6.07, 6.45) is 0. The molecule has 0 saturated carbocycles. The number of piperazine rings is 1. The van der Waals surface area contributed by atoms with Gasteiger partial charge in [-0.05, 0) is 5.92 Å². The van der Waals surface area contributed by atoms with Crippen molar-refractivity contribution in [1.82, 2.24) is 15.1 Å². The van der Waals surface area contributed by atoms with Crippen molar-refractivity contribution in [3.63, 3.8) is 0 Å². The first kappa shape index (κ1) is 14.3. The molecule has 7 nitrogen and oxygen atoms in total. The minimum absolute atomic E-state index is 0.0202. The summed E-state index contributed by atoms with van der Waals surface area (Å²) in [5.41, 5.74) is 0. The number of carbonyl (C=O) groups is 3. The van der Waals surface area contributed by atoms with E-state index in [-0.39, 0.29) is 18.4 Å². The zero-order valence-corrected chi connectivity index (χ0v) is 10.8. The average Bonchev–Trinajstić information content (AvgIpc) is 2.26. The van der Waals surface area contributed by atoms with Crippen molar-refractivity contribution in [3.05, 3.63) is 0 Å². The Bertz CT molecular complexity index is 356. The molecule has 1 rings (SSSR count). The summed E-state index contributed by atoms with van der Waals surface area (Å²) < 4.78 is 0. The van der Waals surface area contributed by atoms with E-state index in [1.807, 2.05) is 0 Å². The van der Waals surface area contributed by atoms with Gasteiger partial charge in [0.2, 0.25) is 5.91 Å². The Labute approximate surface area is 106 Å². The second-order valence-electron chi connectivity index (χ2n) is 4.69. The Morgan fingerprint density at radius 2 is 2.06 bits per heavy atom. The Hall–Kier alpha value is -1.79. The summed E-state index contributed by atoms with van der Waals surface area (Å²) in [6, 6.07) is -1.31. The van der Waals surface area contributed by atoms with Gasteiger partial charge in [0.1, 0.15) is 12.6 Å². The number of carbonyl (C=O) groups excluding carboxylic acids is 2. The lowest BCUT2D eigenvalue weighted by atomic mass is 10.0. The minimum atomic E-state index is -1.04. The smallest absolute Gasteiger partial charge is 0.326 e. The van der Waals surface area contributed by atoms with E-state index in [9.17, 15) is 14.4 Å². The minimum Gasteiger partial charge on any atom is -0.480 e. The maximum Gasteiger partial charge on any atom is 0.326 e. The van der Waals surface area contributed by atoms with Gasteiger partial charge in [0.05, 0.1) is 0 Å². The molecule has 7 heteroatoms. The van der Waals surface area contributed by atoms with Gasteiger partial charge in [0.15, 0.2) is 0 Å². The van der Waals surface area contributed by atoms with Crippen molar-refractivity contribution >= 4 is 17.9 Å². The molecular weight excluding hydrogens is 238 g/mol. The van der Waals surface area contributed by atoms with Gasteiger partial charge in [-0.25, -0.2) is 9.59 Å². The van der Waals surface area contributed by atoms with Gasteiger partial charge in [-0.15, -0.1) is 0 Å². The van der Waals surface area contributed by atoms with Crippen LogP contribution in [0.25, 0.3) is 0 Å². The number of urea groups is 1. The maximum atomic E-state index is 12.1. The summed E-state index contributed by atoms with van der Waals surface area (Å²) >= 11 is 0. The van der Waals surface area contributed by atoms with E-state index >= 15 is 0 Å². The van der Waals surface area contributed by atoms with Crippen LogP contribution in [0, 0.1) is 5.92 Å². The second-order valence-corrected chi connectivity index (χ2v) is 4.69. The fourth-order valence-electron chi connectivity index (χ4n) is 2.04. The largest absolute Gasteiger partial charge is 0.480 e. The van der Waals surface area contributed by atoms with Crippen molar-refractivity contribution in [2.75, 3.05) is 26.7 Å². The third-order valence-electron chi connectivity index (χ3n) is 2.91. The zero-order valence-electron chi connectivity index (χ0n) is 10.8. The molecule has 1 saturated heterocycles. The van der Waals surface area contributed by atoms with Gasteiger partial charge in [-0.3, -0.25) is 4.79 Å². The van der Waals surface area contributed by atoms with Crippen LogP contribution >= 0.6 is 0 Å². The highest BCUT2D eigenvalue weighted by Crippen LogP contribution is 2.12. The number of hydrogen-bond donors (Lipinski definition) is 2. The third-order valence-corrected chi connectivity index (χ3v) is 2.91. The Kier molecular flexibility index (Phi) is 4.52. The van der Waals surface area contributed by atoms with Crippen LogP contribution in [-0.2, 0) is 9.59 Å². The Morgan fingerprint density at radius 3 is 2.50 bits per heavy atom. The van der Waals surface area contributed by atoms with Crippen LogP contribution in [0.4, 0.5) is 4.79 Å². The maximum absolute atomic E-state index is 12.1. The number of hydrogen-bond acceptors (Lipinski definition) is 3. The SMILES string of the molecule is CC(C)[C@@H](C(=O)O)N(C)C(=O)N1CCNC(=O)C1. The highest BCUT2D eigenvalue weighted by Gasteiger charge is 2.33. The molecule has 0 aromatic heterocycles. The molecular formula is C11H19N3O4. The summed E-state index contributed by atoms with van der Waals surface area (Å²) in [7, 11) is 1.45. The highest BCUT2D eigenvalue weighted by molar-refractivity contribution is 5.87. The van der Waals surface area contributed by atoms with Crippen LogP contribution in [-0.4, -0.2) is 65.5 Å². The third kappa shape index (κ3) is 3.12. The quantitative estimate of drug-likeness (QED) is 0.718. The summed E-state index contributed by atoms with van der Waals surface area (Å²) in [4.78, 5) is 37.0. The molecule has 102 valence electrons. The molecule has 1 fully saturated rings. The summed E-state index contributed by atoms with van der Waals surface area (Å²) in [5.74, 6) is -1.46. The Morgan fingerprint density at radius 1 is 1.44 bits per heavy atom. The molecule has 0 unspecified atom stereocenters. The molecule has 0 radical (unpaired) electrons. The molecule has 0 aromatic carbocycles. The predicted molar refractivity (Wildman–Crippen MR) is 64.0 cm³/mol. The van der Waals surface area contributed by atoms with Crippen molar-refractivity contribution < 1.29 is 19.5 Å². The van der Waals surface area contributed by atoms with Crippen LogP contribution in [0.15, 0.2) is 0 Å². The molecule has 18 heavy (non-hydrogen) atoms. The van der Waals surface area contributed by atoms with E-state index in [0.717, 1.165) is 0 Å². The number of nitrogens with one attached hydrogen (secondary N) is 1. The number of aliphatic carboxylic acids is 1. The van der Waals surface area contributed by atoms with Gasteiger partial charge in [-0.2, -0.15) is 0 Å². The number of amides is 3. The number of carboxylic acids is 1. The highest BCUT2D eigenvalue weighted by atomic mass is 16.4. The number of nitrogens with zero attached hydrogens (tertiary/aromatic N) is 2. The molecule has 3 amide bonds. The van der Waals surface area contributed by atoms with Gasteiger partial charge >= 0.3 is 12.0 Å². The van der Waals surface area contributed by atoms with Gasteiger partial charge in [-0.1, -0.05) is 13.8 Å². The number of carboxylic acid groups (broad SMARTS) is 1. The zero-order chi connectivity index (χ0) is 13.9. The van der Waals surface area contributed by atoms with Gasteiger partial charge in [0.25, 0.3) is 0 Å². The van der Waals surface area contributed by atoms with E-state index in [1.54, 1.807) is 13.8 Å². The lowest BCUT2D eigenvalue weighted by Gasteiger charge is -2.34. The van der Waals surface area contributed by atoms with Crippen molar-refractivity contribution in [2.45, 2.75) is 19.9 Å². The molecule has 2 N–H and O–H groups in total. The lowest BCUT2D eigenvalue weighted by Crippen LogP contribution is -2.56. The number of rotatable bonds is 3. The standard InChI is InChI=1S/C11H19N3O4/c1-7(2)9(10(16)17)13(3)11(18)14-5-4-12-8(15)6-14/h7,9H,4-6H2,1-3H3,(H,12,15)(H,16,17)/t9-/m0/s1. The fourth-order valence-corrected chi connectivity index (χ4v) is 2.04. The van der Waals surface area contributed by atoms with E-state index in [4.69, 9.17) is 5.11 Å². The summed E-state index contributed by atoms with van der Waals surface area (Å²) in [6.45, 7) is 4.27. The molecule has 1 heterocycles. The van der Waals surface area contributed by atoms with Crippen molar-refractivity contribution in [3.8, 4) is 0 Å². The molecule has 0 spiro atoms. The summed E-state index contributed by atoms with van der Waals surface area (Å²) in [5, 5.41) is 11.7. The van der Waals surface area contributed by atoms with Crippen LogP contribution in [0.1, 0.15) is 13.8 Å². The van der Waals surface area contributed by atoms with E-state index < -0.39 is 18.0 Å². The molecule has 1 aliphatic heterocycles. The van der Waals surface area contributed by atoms with Crippen LogP contribution in [0.2, 0.25) is 0 Å². The van der Waals surface area contributed by atoms with Gasteiger partial charge < -0.3 is 20.2 Å². The number of likely N-dealkylation sites (N-methyl/N-ethyl adjacent to an activating group) is 1. The van der Waals surface area contributed by atoms with E-state index in [2.05, 4.69) is 5.32 Å². The normalized spacial score (nSPS) is 17.3. The Balaban J connectivity index is 2.75.